The first kappa shape index (κ1) is 18.5. The summed E-state index contributed by atoms with van der Waals surface area (Å²) in [4.78, 5) is 0. The van der Waals surface area contributed by atoms with Crippen molar-refractivity contribution in [3.8, 4) is 11.5 Å². The summed E-state index contributed by atoms with van der Waals surface area (Å²) in [6, 6.07) is 9.41. The Bertz CT molecular complexity index is 1180. The average Bonchev–Trinajstić information content (AvgIpc) is 3.21. The molecule has 0 saturated carbocycles. The van der Waals surface area contributed by atoms with Crippen LogP contribution in [0.25, 0.3) is 11.0 Å². The molecule has 0 saturated heterocycles. The highest BCUT2D eigenvalue weighted by Crippen LogP contribution is 2.26. The van der Waals surface area contributed by atoms with Crippen LogP contribution in [-0.2, 0) is 10.1 Å². The molecule has 0 amide bonds. The summed E-state index contributed by atoms with van der Waals surface area (Å²) in [7, 11) is -5.64. The Morgan fingerprint density at radius 1 is 0.889 bits per heavy atom. The van der Waals surface area contributed by atoms with E-state index in [1.54, 1.807) is 29.0 Å². The van der Waals surface area contributed by atoms with Gasteiger partial charge in [-0.2, -0.15) is 31.8 Å². The standard InChI is InChI=1S/C8H5F3N2O3S.C7H6N2O/c9-8(10,11)17(14,15)16-7-2-1-6-3-4-12-13(6)5-7;10-7-2-1-6-3-4-8-9(6)5-7/h1-5H;1-5,10H. The molecule has 8 nitrogen and oxygen atoms in total. The van der Waals surface area contributed by atoms with E-state index in [4.69, 9.17) is 5.11 Å². The van der Waals surface area contributed by atoms with E-state index in [9.17, 15) is 21.6 Å². The molecule has 0 aliphatic carbocycles. The van der Waals surface area contributed by atoms with E-state index in [2.05, 4.69) is 14.4 Å². The molecule has 4 rings (SSSR count). The lowest BCUT2D eigenvalue weighted by molar-refractivity contribution is -0.0500. The van der Waals surface area contributed by atoms with Gasteiger partial charge < -0.3 is 9.29 Å². The van der Waals surface area contributed by atoms with Crippen LogP contribution in [0, 0.1) is 0 Å². The summed E-state index contributed by atoms with van der Waals surface area (Å²) >= 11 is 0. The van der Waals surface area contributed by atoms with Gasteiger partial charge in [-0.05, 0) is 36.4 Å². The summed E-state index contributed by atoms with van der Waals surface area (Å²) in [6.07, 6.45) is 5.71. The molecule has 0 radical (unpaired) electrons. The smallest absolute Gasteiger partial charge is 0.506 e. The molecule has 0 aliphatic heterocycles. The molecule has 0 spiro atoms. The Kier molecular flexibility index (Phi) is 4.66. The zero-order valence-corrected chi connectivity index (χ0v) is 14.1. The molecule has 4 aromatic heterocycles. The molecular formula is C15H11F3N4O4S. The monoisotopic (exact) mass is 400 g/mol. The molecule has 142 valence electrons. The van der Waals surface area contributed by atoms with Crippen LogP contribution in [0.2, 0.25) is 0 Å². The van der Waals surface area contributed by atoms with Crippen LogP contribution in [0.3, 0.4) is 0 Å². The number of hydrogen-bond acceptors (Lipinski definition) is 6. The van der Waals surface area contributed by atoms with Crippen molar-refractivity contribution in [2.45, 2.75) is 5.51 Å². The SMILES string of the molecule is O=S(=O)(Oc1ccc2ccnn2c1)C(F)(F)F.Oc1ccc2ccnn2c1. The molecule has 27 heavy (non-hydrogen) atoms. The Morgan fingerprint density at radius 3 is 2.04 bits per heavy atom. The number of hydrogen-bond donors (Lipinski definition) is 1. The van der Waals surface area contributed by atoms with Gasteiger partial charge in [0, 0.05) is 12.4 Å². The molecule has 1 N–H and O–H groups in total. The van der Waals surface area contributed by atoms with Gasteiger partial charge in [0.1, 0.15) is 5.75 Å². The molecule has 12 heteroatoms. The van der Waals surface area contributed by atoms with Crippen molar-refractivity contribution in [2.24, 2.45) is 0 Å². The number of halogens is 3. The summed E-state index contributed by atoms with van der Waals surface area (Å²) in [5.74, 6) is -0.227. The van der Waals surface area contributed by atoms with Gasteiger partial charge in [0.15, 0.2) is 5.75 Å². The first-order chi connectivity index (χ1) is 12.7. The Morgan fingerprint density at radius 2 is 1.44 bits per heavy atom. The van der Waals surface area contributed by atoms with Crippen molar-refractivity contribution < 1.29 is 30.9 Å². The second-order valence-electron chi connectivity index (χ2n) is 5.14. The van der Waals surface area contributed by atoms with E-state index in [1.807, 2.05) is 12.1 Å². The largest absolute Gasteiger partial charge is 0.534 e. The van der Waals surface area contributed by atoms with Gasteiger partial charge in [-0.15, -0.1) is 0 Å². The number of aromatic hydroxyl groups is 1. The van der Waals surface area contributed by atoms with Gasteiger partial charge in [-0.25, -0.2) is 9.03 Å². The molecule has 4 heterocycles. The van der Waals surface area contributed by atoms with Crippen molar-refractivity contribution in [1.82, 2.24) is 19.2 Å². The van der Waals surface area contributed by atoms with Gasteiger partial charge in [-0.1, -0.05) is 0 Å². The average molecular weight is 400 g/mol. The summed E-state index contributed by atoms with van der Waals surface area (Å²) in [5, 5.41) is 16.7. The second kappa shape index (κ2) is 6.79. The van der Waals surface area contributed by atoms with Crippen molar-refractivity contribution in [3.63, 3.8) is 0 Å². The maximum absolute atomic E-state index is 12.0. The number of fused-ring (bicyclic) bond motifs is 2. The van der Waals surface area contributed by atoms with Crippen LogP contribution < -0.4 is 4.18 Å². The van der Waals surface area contributed by atoms with Crippen LogP contribution in [0.15, 0.2) is 61.2 Å². The van der Waals surface area contributed by atoms with E-state index in [0.29, 0.717) is 5.52 Å². The molecule has 0 fully saturated rings. The van der Waals surface area contributed by atoms with Crippen LogP contribution in [0.5, 0.6) is 11.5 Å². The maximum atomic E-state index is 12.0. The summed E-state index contributed by atoms with van der Waals surface area (Å²) in [6.45, 7) is 0. The minimum absolute atomic E-state index is 0.233. The van der Waals surface area contributed by atoms with Crippen LogP contribution in [-0.4, -0.2) is 38.3 Å². The molecule has 0 aliphatic rings. The second-order valence-corrected chi connectivity index (χ2v) is 6.67. The highest BCUT2D eigenvalue weighted by Gasteiger charge is 2.48. The van der Waals surface area contributed by atoms with E-state index in [-0.39, 0.29) is 5.75 Å². The fraction of sp³-hybridized carbons (Fsp3) is 0.0667. The Hall–Kier alpha value is -3.28. The van der Waals surface area contributed by atoms with Crippen molar-refractivity contribution in [1.29, 1.82) is 0 Å². The van der Waals surface area contributed by atoms with Crippen LogP contribution >= 0.6 is 0 Å². The third-order valence-electron chi connectivity index (χ3n) is 3.24. The Labute approximate surface area is 150 Å². The molecule has 0 atom stereocenters. The van der Waals surface area contributed by atoms with Crippen molar-refractivity contribution in [3.05, 3.63) is 61.2 Å². The highest BCUT2D eigenvalue weighted by atomic mass is 32.2. The quantitative estimate of drug-likeness (QED) is 0.410. The van der Waals surface area contributed by atoms with Crippen LogP contribution in [0.4, 0.5) is 13.2 Å². The fourth-order valence-corrected chi connectivity index (χ4v) is 2.47. The lowest BCUT2D eigenvalue weighted by Gasteiger charge is -2.09. The minimum atomic E-state index is -5.64. The van der Waals surface area contributed by atoms with E-state index in [1.165, 1.54) is 16.8 Å². The molecule has 0 aromatic carbocycles. The topological polar surface area (TPSA) is 98.2 Å². The van der Waals surface area contributed by atoms with Gasteiger partial charge in [0.2, 0.25) is 0 Å². The molecular weight excluding hydrogens is 389 g/mol. The van der Waals surface area contributed by atoms with E-state index >= 15 is 0 Å². The lowest BCUT2D eigenvalue weighted by atomic mass is 10.4. The number of pyridine rings is 2. The molecule has 0 unspecified atom stereocenters. The predicted octanol–water partition coefficient (Wildman–Crippen LogP) is 2.60. The summed E-state index contributed by atoms with van der Waals surface area (Å²) in [5.41, 5.74) is -3.87. The van der Waals surface area contributed by atoms with Gasteiger partial charge >= 0.3 is 15.6 Å². The number of nitrogens with zero attached hydrogens (tertiary/aromatic N) is 4. The number of rotatable bonds is 2. The van der Waals surface area contributed by atoms with E-state index in [0.717, 1.165) is 17.8 Å². The zero-order chi connectivity index (χ0) is 19.7. The molecule has 4 aromatic rings. The van der Waals surface area contributed by atoms with Gasteiger partial charge in [0.05, 0.1) is 23.4 Å². The van der Waals surface area contributed by atoms with Gasteiger partial charge in [-0.3, -0.25) is 0 Å². The highest BCUT2D eigenvalue weighted by molar-refractivity contribution is 7.88. The number of aromatic nitrogens is 4. The third-order valence-corrected chi connectivity index (χ3v) is 4.22. The van der Waals surface area contributed by atoms with Crippen LogP contribution in [0.1, 0.15) is 0 Å². The van der Waals surface area contributed by atoms with E-state index < -0.39 is 21.4 Å². The normalized spacial score (nSPS) is 12.0. The lowest BCUT2D eigenvalue weighted by Crippen LogP contribution is -2.28. The first-order valence-corrected chi connectivity index (χ1v) is 8.63. The summed E-state index contributed by atoms with van der Waals surface area (Å²) < 4.78 is 64.3. The molecule has 0 bridgehead atoms. The fourth-order valence-electron chi connectivity index (χ4n) is 2.02. The van der Waals surface area contributed by atoms with Crippen molar-refractivity contribution >= 4 is 21.2 Å². The number of alkyl halides is 3. The zero-order valence-electron chi connectivity index (χ0n) is 13.3. The maximum Gasteiger partial charge on any atom is 0.534 e. The van der Waals surface area contributed by atoms with Crippen molar-refractivity contribution in [2.75, 3.05) is 0 Å². The van der Waals surface area contributed by atoms with Gasteiger partial charge in [0.25, 0.3) is 0 Å². The first-order valence-electron chi connectivity index (χ1n) is 7.22. The predicted molar refractivity (Wildman–Crippen MR) is 87.7 cm³/mol. The minimum Gasteiger partial charge on any atom is -0.506 e. The third kappa shape index (κ3) is 4.11. The Balaban J connectivity index is 0.000000177.